The van der Waals surface area contributed by atoms with Gasteiger partial charge in [0, 0.05) is 38.4 Å². The van der Waals surface area contributed by atoms with Crippen molar-refractivity contribution in [3.63, 3.8) is 0 Å². The van der Waals surface area contributed by atoms with E-state index < -0.39 is 0 Å². The first-order valence-corrected chi connectivity index (χ1v) is 11.8. The van der Waals surface area contributed by atoms with E-state index in [1.807, 2.05) is 33.7 Å². The standard InChI is InChI=1S/C23H29N5O2S/c1-3-26-12-14-27(15-13-26)21(29)11-7-17-31-23-25-24-22(20-10-6-16-30-20)28(23)19-9-5-4-8-18(19)2/h4-6,8-10,16H,3,7,11-15,17H2,1-2H3. The third-order valence-electron chi connectivity index (χ3n) is 5.67. The summed E-state index contributed by atoms with van der Waals surface area (Å²) in [5.41, 5.74) is 2.17. The zero-order valence-electron chi connectivity index (χ0n) is 18.2. The summed E-state index contributed by atoms with van der Waals surface area (Å²) < 4.78 is 7.63. The molecule has 1 aliphatic heterocycles. The van der Waals surface area contributed by atoms with Gasteiger partial charge in [0.05, 0.1) is 12.0 Å². The largest absolute Gasteiger partial charge is 0.461 e. The third-order valence-corrected chi connectivity index (χ3v) is 6.68. The highest BCUT2D eigenvalue weighted by molar-refractivity contribution is 7.99. The van der Waals surface area contributed by atoms with Crippen LogP contribution in [-0.2, 0) is 4.79 Å². The number of para-hydroxylation sites is 1. The number of thioether (sulfide) groups is 1. The summed E-state index contributed by atoms with van der Waals surface area (Å²) in [5.74, 6) is 2.44. The molecule has 1 aliphatic rings. The highest BCUT2D eigenvalue weighted by Crippen LogP contribution is 2.30. The van der Waals surface area contributed by atoms with Crippen LogP contribution in [0.3, 0.4) is 0 Å². The number of likely N-dealkylation sites (N-methyl/N-ethyl adjacent to an activating group) is 1. The number of hydrogen-bond acceptors (Lipinski definition) is 6. The molecule has 0 unspecified atom stereocenters. The van der Waals surface area contributed by atoms with Gasteiger partial charge in [-0.25, -0.2) is 0 Å². The first-order chi connectivity index (χ1) is 15.2. The molecule has 0 aliphatic carbocycles. The van der Waals surface area contributed by atoms with E-state index >= 15 is 0 Å². The van der Waals surface area contributed by atoms with Gasteiger partial charge in [-0.15, -0.1) is 10.2 Å². The number of piperazine rings is 1. The number of hydrogen-bond donors (Lipinski definition) is 0. The van der Waals surface area contributed by atoms with Crippen LogP contribution in [0.25, 0.3) is 17.3 Å². The lowest BCUT2D eigenvalue weighted by Gasteiger charge is -2.34. The third kappa shape index (κ3) is 5.02. The number of aryl methyl sites for hydroxylation is 1. The minimum atomic E-state index is 0.257. The molecule has 0 saturated carbocycles. The second kappa shape index (κ2) is 10.2. The second-order valence-corrected chi connectivity index (χ2v) is 8.73. The molecule has 7 nitrogen and oxygen atoms in total. The SMILES string of the molecule is CCN1CCN(C(=O)CCCSc2nnc(-c3ccco3)n2-c2ccccc2C)CC1. The minimum Gasteiger partial charge on any atom is -0.461 e. The van der Waals surface area contributed by atoms with Gasteiger partial charge >= 0.3 is 0 Å². The lowest BCUT2D eigenvalue weighted by molar-refractivity contribution is -0.132. The molecule has 0 N–H and O–H groups in total. The van der Waals surface area contributed by atoms with Gasteiger partial charge in [-0.05, 0) is 43.7 Å². The van der Waals surface area contributed by atoms with E-state index in [9.17, 15) is 4.79 Å². The van der Waals surface area contributed by atoms with Crippen molar-refractivity contribution in [3.05, 3.63) is 48.2 Å². The van der Waals surface area contributed by atoms with Crippen molar-refractivity contribution in [2.45, 2.75) is 31.8 Å². The monoisotopic (exact) mass is 439 g/mol. The number of aromatic nitrogens is 3. The van der Waals surface area contributed by atoms with Gasteiger partial charge in [0.15, 0.2) is 10.9 Å². The molecule has 4 rings (SSSR count). The van der Waals surface area contributed by atoms with E-state index in [2.05, 4.69) is 41.1 Å². The number of rotatable bonds is 8. The zero-order valence-corrected chi connectivity index (χ0v) is 19.0. The number of carbonyl (C=O) groups excluding carboxylic acids is 1. The van der Waals surface area contributed by atoms with Gasteiger partial charge in [0.2, 0.25) is 11.7 Å². The van der Waals surface area contributed by atoms with Gasteiger partial charge in [0.1, 0.15) is 0 Å². The zero-order chi connectivity index (χ0) is 21.6. The molecule has 164 valence electrons. The Bertz CT molecular complexity index is 993. The van der Waals surface area contributed by atoms with Crippen LogP contribution >= 0.6 is 11.8 Å². The lowest BCUT2D eigenvalue weighted by atomic mass is 10.2. The van der Waals surface area contributed by atoms with Crippen molar-refractivity contribution in [2.24, 2.45) is 0 Å². The summed E-state index contributed by atoms with van der Waals surface area (Å²) in [5, 5.41) is 9.64. The molecule has 31 heavy (non-hydrogen) atoms. The molecule has 0 atom stereocenters. The highest BCUT2D eigenvalue weighted by Gasteiger charge is 2.21. The van der Waals surface area contributed by atoms with E-state index in [0.717, 1.165) is 61.3 Å². The van der Waals surface area contributed by atoms with Crippen molar-refractivity contribution in [3.8, 4) is 17.3 Å². The average Bonchev–Trinajstić information content (AvgIpc) is 3.47. The van der Waals surface area contributed by atoms with Crippen molar-refractivity contribution >= 4 is 17.7 Å². The van der Waals surface area contributed by atoms with Crippen molar-refractivity contribution in [1.29, 1.82) is 0 Å². The van der Waals surface area contributed by atoms with Crippen LogP contribution in [0.15, 0.2) is 52.2 Å². The average molecular weight is 440 g/mol. The molecule has 1 saturated heterocycles. The molecule has 2 aromatic heterocycles. The first-order valence-electron chi connectivity index (χ1n) is 10.9. The summed E-state index contributed by atoms with van der Waals surface area (Å²) in [6.07, 6.45) is 3.03. The Labute approximate surface area is 187 Å². The highest BCUT2D eigenvalue weighted by atomic mass is 32.2. The molecule has 0 spiro atoms. The van der Waals surface area contributed by atoms with Crippen LogP contribution in [-0.4, -0.2) is 68.9 Å². The molecule has 1 amide bonds. The number of carbonyl (C=O) groups is 1. The van der Waals surface area contributed by atoms with Gasteiger partial charge in [-0.1, -0.05) is 36.9 Å². The van der Waals surface area contributed by atoms with E-state index in [1.165, 1.54) is 0 Å². The fourth-order valence-corrected chi connectivity index (χ4v) is 4.70. The molecule has 3 aromatic rings. The van der Waals surface area contributed by atoms with Crippen LogP contribution in [0.4, 0.5) is 0 Å². The topological polar surface area (TPSA) is 67.4 Å². The van der Waals surface area contributed by atoms with Gasteiger partial charge in [-0.3, -0.25) is 9.36 Å². The predicted octanol–water partition coefficient (Wildman–Crippen LogP) is 3.87. The molecule has 1 fully saturated rings. The summed E-state index contributed by atoms with van der Waals surface area (Å²) in [7, 11) is 0. The maximum atomic E-state index is 12.5. The van der Waals surface area contributed by atoms with Crippen LogP contribution < -0.4 is 0 Å². The number of nitrogens with zero attached hydrogens (tertiary/aromatic N) is 5. The molecule has 0 radical (unpaired) electrons. The quantitative estimate of drug-likeness (QED) is 0.392. The summed E-state index contributed by atoms with van der Waals surface area (Å²) in [4.78, 5) is 16.9. The molecule has 3 heterocycles. The molecule has 0 bridgehead atoms. The summed E-state index contributed by atoms with van der Waals surface area (Å²) in [6, 6.07) is 11.9. The maximum absolute atomic E-state index is 12.5. The molecule has 8 heteroatoms. The van der Waals surface area contributed by atoms with E-state index in [1.54, 1.807) is 18.0 Å². The Morgan fingerprint density at radius 1 is 1.10 bits per heavy atom. The molecule has 1 aromatic carbocycles. The molecular weight excluding hydrogens is 410 g/mol. The van der Waals surface area contributed by atoms with Crippen molar-refractivity contribution in [2.75, 3.05) is 38.5 Å². The number of benzene rings is 1. The normalized spacial score (nSPS) is 14.8. The Morgan fingerprint density at radius 2 is 1.90 bits per heavy atom. The minimum absolute atomic E-state index is 0.257. The number of furan rings is 1. The van der Waals surface area contributed by atoms with Crippen LogP contribution in [0.1, 0.15) is 25.3 Å². The van der Waals surface area contributed by atoms with E-state index in [4.69, 9.17) is 4.42 Å². The van der Waals surface area contributed by atoms with Gasteiger partial charge in [0.25, 0.3) is 0 Å². The van der Waals surface area contributed by atoms with Crippen LogP contribution in [0, 0.1) is 6.92 Å². The first kappa shape index (κ1) is 21.6. The predicted molar refractivity (Wildman–Crippen MR) is 122 cm³/mol. The summed E-state index contributed by atoms with van der Waals surface area (Å²) in [6.45, 7) is 8.94. The maximum Gasteiger partial charge on any atom is 0.222 e. The Hall–Kier alpha value is -2.58. The van der Waals surface area contributed by atoms with Crippen LogP contribution in [0.5, 0.6) is 0 Å². The van der Waals surface area contributed by atoms with Crippen molar-refractivity contribution in [1.82, 2.24) is 24.6 Å². The van der Waals surface area contributed by atoms with E-state index in [-0.39, 0.29) is 5.91 Å². The number of amides is 1. The van der Waals surface area contributed by atoms with E-state index in [0.29, 0.717) is 18.0 Å². The van der Waals surface area contributed by atoms with Crippen LogP contribution in [0.2, 0.25) is 0 Å². The fourth-order valence-electron chi connectivity index (χ4n) is 3.82. The van der Waals surface area contributed by atoms with Gasteiger partial charge in [-0.2, -0.15) is 0 Å². The summed E-state index contributed by atoms with van der Waals surface area (Å²) >= 11 is 1.63. The van der Waals surface area contributed by atoms with Gasteiger partial charge < -0.3 is 14.2 Å². The smallest absolute Gasteiger partial charge is 0.222 e. The Balaban J connectivity index is 1.40. The molecular formula is C23H29N5O2S. The Kier molecular flexibility index (Phi) is 7.09. The van der Waals surface area contributed by atoms with Crippen molar-refractivity contribution < 1.29 is 9.21 Å². The second-order valence-electron chi connectivity index (χ2n) is 7.67. The lowest BCUT2D eigenvalue weighted by Crippen LogP contribution is -2.48. The fraction of sp³-hybridized carbons (Fsp3) is 0.435. The Morgan fingerprint density at radius 3 is 2.61 bits per heavy atom.